The highest BCUT2D eigenvalue weighted by atomic mass is 16.5. The number of amides is 1. The topological polar surface area (TPSA) is 59.0 Å². The van der Waals surface area contributed by atoms with Crippen molar-refractivity contribution in [1.82, 2.24) is 4.90 Å². The van der Waals surface area contributed by atoms with Crippen LogP contribution in [0.15, 0.2) is 0 Å². The molecule has 0 aromatic carbocycles. The molecule has 1 N–H and O–H groups in total. The molecule has 1 aliphatic heterocycles. The number of ether oxygens (including phenoxy) is 2. The summed E-state index contributed by atoms with van der Waals surface area (Å²) < 4.78 is 10.6. The molecule has 0 aromatic heterocycles. The average molecular weight is 231 g/mol. The van der Waals surface area contributed by atoms with E-state index in [0.29, 0.717) is 13.1 Å². The van der Waals surface area contributed by atoms with E-state index in [1.165, 1.54) is 7.11 Å². The molecule has 0 bridgehead atoms. The van der Waals surface area contributed by atoms with E-state index in [9.17, 15) is 4.79 Å². The van der Waals surface area contributed by atoms with Crippen LogP contribution in [0, 0.1) is 0 Å². The molecule has 5 nitrogen and oxygen atoms in total. The van der Waals surface area contributed by atoms with Gasteiger partial charge >= 0.3 is 0 Å². The van der Waals surface area contributed by atoms with E-state index in [4.69, 9.17) is 14.6 Å². The van der Waals surface area contributed by atoms with Gasteiger partial charge in [-0.05, 0) is 20.8 Å². The largest absolute Gasteiger partial charge is 0.394 e. The van der Waals surface area contributed by atoms with E-state index in [2.05, 4.69) is 0 Å². The Morgan fingerprint density at radius 2 is 2.31 bits per heavy atom. The number of morpholine rings is 1. The van der Waals surface area contributed by atoms with Gasteiger partial charge < -0.3 is 19.5 Å². The molecule has 0 spiro atoms. The monoisotopic (exact) mass is 231 g/mol. The summed E-state index contributed by atoms with van der Waals surface area (Å²) in [5, 5.41) is 9.12. The zero-order valence-corrected chi connectivity index (χ0v) is 10.4. The van der Waals surface area contributed by atoms with Crippen LogP contribution in [0.5, 0.6) is 0 Å². The van der Waals surface area contributed by atoms with Crippen molar-refractivity contribution in [1.29, 1.82) is 0 Å². The Hall–Kier alpha value is -0.650. The molecule has 1 fully saturated rings. The molecular weight excluding hydrogens is 210 g/mol. The number of rotatable bonds is 3. The second-order valence-electron chi connectivity index (χ2n) is 4.78. The van der Waals surface area contributed by atoms with Crippen LogP contribution >= 0.6 is 0 Å². The normalized spacial score (nSPS) is 26.6. The average Bonchev–Trinajstić information content (AvgIpc) is 2.24. The zero-order chi connectivity index (χ0) is 12.3. The lowest BCUT2D eigenvalue weighted by molar-refractivity contribution is -0.173. The molecule has 16 heavy (non-hydrogen) atoms. The Bertz CT molecular complexity index is 254. The van der Waals surface area contributed by atoms with Crippen molar-refractivity contribution in [3.8, 4) is 0 Å². The van der Waals surface area contributed by atoms with Crippen LogP contribution in [-0.4, -0.2) is 60.5 Å². The second-order valence-corrected chi connectivity index (χ2v) is 4.78. The highest BCUT2D eigenvalue weighted by molar-refractivity contribution is 5.80. The third-order valence-electron chi connectivity index (χ3n) is 2.70. The molecular formula is C11H21NO4. The van der Waals surface area contributed by atoms with E-state index < -0.39 is 11.7 Å². The smallest absolute Gasteiger partial charge is 0.251 e. The molecule has 0 aliphatic carbocycles. The van der Waals surface area contributed by atoms with Gasteiger partial charge in [-0.2, -0.15) is 0 Å². The van der Waals surface area contributed by atoms with Crippen molar-refractivity contribution in [2.24, 2.45) is 0 Å². The first-order valence-corrected chi connectivity index (χ1v) is 5.50. The first-order valence-electron chi connectivity index (χ1n) is 5.50. The SMILES string of the molecule is COC(C)C(=O)N1CC(CO)OC(C)(C)C1. The van der Waals surface area contributed by atoms with Crippen molar-refractivity contribution in [3.63, 3.8) is 0 Å². The van der Waals surface area contributed by atoms with Crippen LogP contribution in [0.4, 0.5) is 0 Å². The van der Waals surface area contributed by atoms with Gasteiger partial charge in [0.25, 0.3) is 5.91 Å². The van der Waals surface area contributed by atoms with Crippen LogP contribution in [0.1, 0.15) is 20.8 Å². The van der Waals surface area contributed by atoms with Gasteiger partial charge in [0.2, 0.25) is 0 Å². The van der Waals surface area contributed by atoms with Crippen molar-refractivity contribution < 1.29 is 19.4 Å². The summed E-state index contributed by atoms with van der Waals surface area (Å²) in [6.07, 6.45) is -0.759. The Kier molecular flexibility index (Phi) is 4.29. The van der Waals surface area contributed by atoms with Gasteiger partial charge in [0.1, 0.15) is 6.10 Å². The summed E-state index contributed by atoms with van der Waals surface area (Å²) in [4.78, 5) is 13.6. The first-order chi connectivity index (χ1) is 7.39. The van der Waals surface area contributed by atoms with Crippen molar-refractivity contribution in [2.75, 3.05) is 26.8 Å². The zero-order valence-electron chi connectivity index (χ0n) is 10.4. The first kappa shape index (κ1) is 13.4. The van der Waals surface area contributed by atoms with Gasteiger partial charge in [-0.15, -0.1) is 0 Å². The van der Waals surface area contributed by atoms with Crippen LogP contribution in [0.3, 0.4) is 0 Å². The Morgan fingerprint density at radius 3 is 2.81 bits per heavy atom. The Balaban J connectivity index is 2.69. The van der Waals surface area contributed by atoms with Crippen molar-refractivity contribution in [3.05, 3.63) is 0 Å². The number of methoxy groups -OCH3 is 1. The quantitative estimate of drug-likeness (QED) is 0.744. The number of aliphatic hydroxyl groups excluding tert-OH is 1. The predicted molar refractivity (Wildman–Crippen MR) is 59.1 cm³/mol. The van der Waals surface area contributed by atoms with Crippen LogP contribution < -0.4 is 0 Å². The van der Waals surface area contributed by atoms with Gasteiger partial charge in [0, 0.05) is 20.2 Å². The molecule has 5 heteroatoms. The van der Waals surface area contributed by atoms with Gasteiger partial charge in [-0.3, -0.25) is 4.79 Å². The second kappa shape index (κ2) is 5.12. The van der Waals surface area contributed by atoms with Gasteiger partial charge in [-0.25, -0.2) is 0 Å². The van der Waals surface area contributed by atoms with Crippen molar-refractivity contribution >= 4 is 5.91 Å². The van der Waals surface area contributed by atoms with E-state index in [-0.39, 0.29) is 18.6 Å². The van der Waals surface area contributed by atoms with Gasteiger partial charge in [-0.1, -0.05) is 0 Å². The molecule has 1 saturated heterocycles. The number of carbonyl (C=O) groups excluding carboxylic acids is 1. The third-order valence-corrected chi connectivity index (χ3v) is 2.70. The minimum Gasteiger partial charge on any atom is -0.394 e. The molecule has 1 amide bonds. The third kappa shape index (κ3) is 3.17. The maximum absolute atomic E-state index is 11.9. The molecule has 94 valence electrons. The molecule has 1 rings (SSSR count). The number of nitrogens with zero attached hydrogens (tertiary/aromatic N) is 1. The lowest BCUT2D eigenvalue weighted by Gasteiger charge is -2.42. The summed E-state index contributed by atoms with van der Waals surface area (Å²) in [5.41, 5.74) is -0.422. The Labute approximate surface area is 96.3 Å². The lowest BCUT2D eigenvalue weighted by atomic mass is 10.0. The standard InChI is InChI=1S/C11H21NO4/c1-8(15-4)10(14)12-5-9(6-13)16-11(2,3)7-12/h8-9,13H,5-7H2,1-4H3. The molecule has 0 saturated carbocycles. The van der Waals surface area contributed by atoms with E-state index >= 15 is 0 Å². The van der Waals surface area contributed by atoms with Crippen LogP contribution in [-0.2, 0) is 14.3 Å². The fourth-order valence-electron chi connectivity index (χ4n) is 1.92. The highest BCUT2D eigenvalue weighted by Crippen LogP contribution is 2.21. The minimum atomic E-state index is -0.451. The Morgan fingerprint density at radius 1 is 1.69 bits per heavy atom. The molecule has 1 heterocycles. The molecule has 0 radical (unpaired) electrons. The summed E-state index contributed by atoms with van der Waals surface area (Å²) in [7, 11) is 1.51. The fraction of sp³-hybridized carbons (Fsp3) is 0.909. The molecule has 2 unspecified atom stereocenters. The molecule has 1 aliphatic rings. The number of hydrogen-bond donors (Lipinski definition) is 1. The number of carbonyl (C=O) groups is 1. The maximum atomic E-state index is 11.9. The van der Waals surface area contributed by atoms with E-state index in [0.717, 1.165) is 0 Å². The number of aliphatic hydroxyl groups is 1. The maximum Gasteiger partial charge on any atom is 0.251 e. The molecule has 0 aromatic rings. The van der Waals surface area contributed by atoms with E-state index in [1.54, 1.807) is 11.8 Å². The summed E-state index contributed by atoms with van der Waals surface area (Å²) in [6.45, 7) is 6.41. The minimum absolute atomic E-state index is 0.0580. The fourth-order valence-corrected chi connectivity index (χ4v) is 1.92. The molecule has 2 atom stereocenters. The van der Waals surface area contributed by atoms with Gasteiger partial charge in [0.05, 0.1) is 18.3 Å². The van der Waals surface area contributed by atoms with E-state index in [1.807, 2.05) is 13.8 Å². The van der Waals surface area contributed by atoms with Gasteiger partial charge in [0.15, 0.2) is 0 Å². The predicted octanol–water partition coefficient (Wildman–Crippen LogP) is 0.0196. The number of hydrogen-bond acceptors (Lipinski definition) is 4. The summed E-state index contributed by atoms with van der Waals surface area (Å²) >= 11 is 0. The van der Waals surface area contributed by atoms with Crippen LogP contribution in [0.2, 0.25) is 0 Å². The summed E-state index contributed by atoms with van der Waals surface area (Å²) in [5.74, 6) is -0.0580. The lowest BCUT2D eigenvalue weighted by Crippen LogP contribution is -2.57. The van der Waals surface area contributed by atoms with Crippen LogP contribution in [0.25, 0.3) is 0 Å². The highest BCUT2D eigenvalue weighted by Gasteiger charge is 2.36. The van der Waals surface area contributed by atoms with Crippen molar-refractivity contribution in [2.45, 2.75) is 38.6 Å². The summed E-state index contributed by atoms with van der Waals surface area (Å²) in [6, 6.07) is 0.